The van der Waals surface area contributed by atoms with Crippen LogP contribution in [0.3, 0.4) is 0 Å². The van der Waals surface area contributed by atoms with Crippen molar-refractivity contribution in [2.75, 3.05) is 67.1 Å². The molecule has 0 amide bonds. The molecule has 0 bridgehead atoms. The summed E-state index contributed by atoms with van der Waals surface area (Å²) in [5, 5.41) is 0. The second-order valence-electron chi connectivity index (χ2n) is 3.54. The smallest absolute Gasteiger partial charge is 0.0986 e. The molecule has 0 heterocycles. The second-order valence-corrected chi connectivity index (χ2v) is 3.54. The van der Waals surface area contributed by atoms with Gasteiger partial charge in [0.05, 0.1) is 46.4 Å². The fourth-order valence-corrected chi connectivity index (χ4v) is 0.949. The Morgan fingerprint density at radius 1 is 0.688 bits per heavy atom. The van der Waals surface area contributed by atoms with Crippen molar-refractivity contribution in [3.8, 4) is 0 Å². The van der Waals surface area contributed by atoms with E-state index in [1.165, 1.54) is 0 Å². The van der Waals surface area contributed by atoms with Gasteiger partial charge in [-0.15, -0.1) is 0 Å². The van der Waals surface area contributed by atoms with E-state index in [1.807, 2.05) is 25.9 Å². The van der Waals surface area contributed by atoms with E-state index in [2.05, 4.69) is 0 Å². The summed E-state index contributed by atoms with van der Waals surface area (Å²) >= 11 is 0. The standard InChI is InChI=1S/C11H25NO4/c1-4-13-5-6-14-7-8-15-9-10-16-11-12(2)3/h4-11H2,1-3H3. The van der Waals surface area contributed by atoms with Gasteiger partial charge in [0.25, 0.3) is 0 Å². The molecule has 0 aromatic rings. The second kappa shape index (κ2) is 12.9. The molecule has 0 aromatic heterocycles. The normalized spacial score (nSPS) is 11.2. The van der Waals surface area contributed by atoms with E-state index < -0.39 is 0 Å². The summed E-state index contributed by atoms with van der Waals surface area (Å²) < 4.78 is 21.0. The molecular formula is C11H25NO4. The van der Waals surface area contributed by atoms with Gasteiger partial charge < -0.3 is 18.9 Å². The summed E-state index contributed by atoms with van der Waals surface area (Å²) in [7, 11) is 3.93. The van der Waals surface area contributed by atoms with E-state index in [0.29, 0.717) is 46.4 Å². The Hall–Kier alpha value is -0.200. The number of hydrogen-bond acceptors (Lipinski definition) is 5. The number of ether oxygens (including phenoxy) is 4. The van der Waals surface area contributed by atoms with E-state index in [-0.39, 0.29) is 0 Å². The maximum absolute atomic E-state index is 5.31. The van der Waals surface area contributed by atoms with Gasteiger partial charge >= 0.3 is 0 Å². The molecule has 0 unspecified atom stereocenters. The zero-order valence-electron chi connectivity index (χ0n) is 10.7. The predicted molar refractivity (Wildman–Crippen MR) is 62.6 cm³/mol. The van der Waals surface area contributed by atoms with Crippen LogP contribution in [0.5, 0.6) is 0 Å². The number of hydrogen-bond donors (Lipinski definition) is 0. The minimum atomic E-state index is 0.609. The molecule has 0 rings (SSSR count). The first-order chi connectivity index (χ1) is 7.77. The van der Waals surface area contributed by atoms with Crippen molar-refractivity contribution in [2.45, 2.75) is 6.92 Å². The summed E-state index contributed by atoms with van der Waals surface area (Å²) in [5.74, 6) is 0. The van der Waals surface area contributed by atoms with Crippen molar-refractivity contribution in [2.24, 2.45) is 0 Å². The Kier molecular flexibility index (Phi) is 12.7. The highest BCUT2D eigenvalue weighted by Gasteiger charge is 1.92. The monoisotopic (exact) mass is 235 g/mol. The van der Waals surface area contributed by atoms with E-state index in [0.717, 1.165) is 6.61 Å². The van der Waals surface area contributed by atoms with Crippen molar-refractivity contribution < 1.29 is 18.9 Å². The summed E-state index contributed by atoms with van der Waals surface area (Å²) in [6.45, 7) is 7.09. The quantitative estimate of drug-likeness (QED) is 0.366. The minimum absolute atomic E-state index is 0.609. The van der Waals surface area contributed by atoms with Gasteiger partial charge in [-0.3, -0.25) is 4.90 Å². The largest absolute Gasteiger partial charge is 0.379 e. The van der Waals surface area contributed by atoms with Crippen LogP contribution >= 0.6 is 0 Å². The molecule has 0 aliphatic heterocycles. The molecule has 16 heavy (non-hydrogen) atoms. The third kappa shape index (κ3) is 13.8. The lowest BCUT2D eigenvalue weighted by atomic mass is 10.7. The zero-order valence-corrected chi connectivity index (χ0v) is 10.7. The molecule has 0 saturated heterocycles. The topological polar surface area (TPSA) is 40.2 Å². The van der Waals surface area contributed by atoms with Gasteiger partial charge in [0, 0.05) is 6.61 Å². The molecule has 0 aliphatic carbocycles. The van der Waals surface area contributed by atoms with Crippen LogP contribution in [0.25, 0.3) is 0 Å². The van der Waals surface area contributed by atoms with Gasteiger partial charge in [0.15, 0.2) is 0 Å². The molecule has 0 aliphatic rings. The van der Waals surface area contributed by atoms with Crippen LogP contribution in [0.1, 0.15) is 6.92 Å². The maximum atomic E-state index is 5.31. The van der Waals surface area contributed by atoms with Gasteiger partial charge in [-0.05, 0) is 21.0 Å². The molecule has 0 radical (unpaired) electrons. The summed E-state index contributed by atoms with van der Waals surface area (Å²) in [5.41, 5.74) is 0. The third-order valence-corrected chi connectivity index (χ3v) is 1.67. The Balaban J connectivity index is 2.88. The molecule has 0 saturated carbocycles. The highest BCUT2D eigenvalue weighted by Crippen LogP contribution is 1.83. The lowest BCUT2D eigenvalue weighted by Crippen LogP contribution is -2.18. The summed E-state index contributed by atoms with van der Waals surface area (Å²) in [6.07, 6.45) is 0. The predicted octanol–water partition coefficient (Wildman–Crippen LogP) is 0.592. The van der Waals surface area contributed by atoms with Crippen molar-refractivity contribution in [3.63, 3.8) is 0 Å². The molecule has 0 spiro atoms. The Morgan fingerprint density at radius 2 is 1.12 bits per heavy atom. The lowest BCUT2D eigenvalue weighted by molar-refractivity contribution is -0.0144. The average Bonchev–Trinajstić information content (AvgIpc) is 2.25. The van der Waals surface area contributed by atoms with Crippen LogP contribution in [0.2, 0.25) is 0 Å². The number of nitrogens with zero attached hydrogens (tertiary/aromatic N) is 1. The van der Waals surface area contributed by atoms with E-state index >= 15 is 0 Å². The Bertz CT molecular complexity index is 133. The fourth-order valence-electron chi connectivity index (χ4n) is 0.949. The molecule has 0 fully saturated rings. The van der Waals surface area contributed by atoms with Crippen LogP contribution in [0.15, 0.2) is 0 Å². The van der Waals surface area contributed by atoms with Gasteiger partial charge in [-0.25, -0.2) is 0 Å². The van der Waals surface area contributed by atoms with Crippen LogP contribution in [0, 0.1) is 0 Å². The molecule has 0 N–H and O–H groups in total. The maximum Gasteiger partial charge on any atom is 0.0986 e. The van der Waals surface area contributed by atoms with Crippen molar-refractivity contribution in [1.29, 1.82) is 0 Å². The molecule has 0 atom stereocenters. The first-order valence-corrected chi connectivity index (χ1v) is 5.73. The van der Waals surface area contributed by atoms with Crippen LogP contribution in [-0.2, 0) is 18.9 Å². The van der Waals surface area contributed by atoms with Gasteiger partial charge in [0.1, 0.15) is 0 Å². The van der Waals surface area contributed by atoms with Gasteiger partial charge in [-0.2, -0.15) is 0 Å². The van der Waals surface area contributed by atoms with Gasteiger partial charge in [0.2, 0.25) is 0 Å². The Labute approximate surface area is 98.6 Å². The molecule has 98 valence electrons. The van der Waals surface area contributed by atoms with Crippen molar-refractivity contribution in [3.05, 3.63) is 0 Å². The lowest BCUT2D eigenvalue weighted by Gasteiger charge is -2.10. The molecule has 0 aromatic carbocycles. The van der Waals surface area contributed by atoms with Crippen LogP contribution < -0.4 is 0 Å². The molecular weight excluding hydrogens is 210 g/mol. The van der Waals surface area contributed by atoms with Crippen LogP contribution in [0.4, 0.5) is 0 Å². The summed E-state index contributed by atoms with van der Waals surface area (Å²) in [4.78, 5) is 1.97. The minimum Gasteiger partial charge on any atom is -0.379 e. The fraction of sp³-hybridized carbons (Fsp3) is 1.00. The first kappa shape index (κ1) is 15.8. The highest BCUT2D eigenvalue weighted by molar-refractivity contribution is 4.34. The average molecular weight is 235 g/mol. The van der Waals surface area contributed by atoms with Gasteiger partial charge in [-0.1, -0.05) is 0 Å². The SMILES string of the molecule is CCOCCOCCOCCOCN(C)C. The van der Waals surface area contributed by atoms with Crippen LogP contribution in [-0.4, -0.2) is 72.0 Å². The third-order valence-electron chi connectivity index (χ3n) is 1.67. The summed E-state index contributed by atoms with van der Waals surface area (Å²) in [6, 6.07) is 0. The van der Waals surface area contributed by atoms with Crippen molar-refractivity contribution >= 4 is 0 Å². The number of rotatable bonds is 12. The molecule has 5 nitrogen and oxygen atoms in total. The molecule has 5 heteroatoms. The Morgan fingerprint density at radius 3 is 1.56 bits per heavy atom. The highest BCUT2D eigenvalue weighted by atomic mass is 16.6. The van der Waals surface area contributed by atoms with Crippen molar-refractivity contribution in [1.82, 2.24) is 4.90 Å². The first-order valence-electron chi connectivity index (χ1n) is 5.73. The zero-order chi connectivity index (χ0) is 12.1. The van der Waals surface area contributed by atoms with E-state index in [4.69, 9.17) is 18.9 Å². The van der Waals surface area contributed by atoms with E-state index in [1.54, 1.807) is 0 Å². The van der Waals surface area contributed by atoms with E-state index in [9.17, 15) is 0 Å².